The maximum Gasteiger partial charge on any atom is 0.272 e. The van der Waals surface area contributed by atoms with E-state index in [1.807, 2.05) is 43.3 Å². The third kappa shape index (κ3) is 3.72. The van der Waals surface area contributed by atoms with Crippen molar-refractivity contribution in [1.82, 2.24) is 0 Å². The summed E-state index contributed by atoms with van der Waals surface area (Å²) in [6.45, 7) is 2.69. The Morgan fingerprint density at radius 1 is 1.16 bits per heavy atom. The molecule has 0 fully saturated rings. The molecule has 2 rings (SSSR count). The van der Waals surface area contributed by atoms with Crippen LogP contribution in [-0.4, -0.2) is 11.5 Å². The summed E-state index contributed by atoms with van der Waals surface area (Å²) < 4.78 is 0. The molecule has 0 aliphatic heterocycles. The van der Waals surface area contributed by atoms with Crippen LogP contribution in [0.15, 0.2) is 58.3 Å². The van der Waals surface area contributed by atoms with Gasteiger partial charge in [-0.2, -0.15) is 0 Å². The van der Waals surface area contributed by atoms with Gasteiger partial charge in [0.25, 0.3) is 5.69 Å². The van der Waals surface area contributed by atoms with Crippen LogP contribution in [0, 0.1) is 10.1 Å². The highest BCUT2D eigenvalue weighted by Gasteiger charge is 2.10. The maximum absolute atomic E-state index is 10.9. The van der Waals surface area contributed by atoms with Crippen molar-refractivity contribution in [2.24, 2.45) is 0 Å². The van der Waals surface area contributed by atoms with Crippen molar-refractivity contribution in [2.45, 2.75) is 16.7 Å². The molecule has 98 valence electrons. The van der Waals surface area contributed by atoms with Gasteiger partial charge in [-0.3, -0.25) is 10.1 Å². The van der Waals surface area contributed by atoms with Crippen molar-refractivity contribution in [3.05, 3.63) is 58.6 Å². The molecule has 0 heterocycles. The highest BCUT2D eigenvalue weighted by molar-refractivity contribution is 7.99. The number of anilines is 1. The van der Waals surface area contributed by atoms with Gasteiger partial charge >= 0.3 is 0 Å². The summed E-state index contributed by atoms with van der Waals surface area (Å²) in [6, 6.07) is 14.9. The molecule has 2 aromatic rings. The second-order valence-corrected chi connectivity index (χ2v) is 5.07. The van der Waals surface area contributed by atoms with Crippen LogP contribution < -0.4 is 5.32 Å². The molecule has 2 aromatic carbocycles. The van der Waals surface area contributed by atoms with Crippen LogP contribution in [0.5, 0.6) is 0 Å². The summed E-state index contributed by atoms with van der Waals surface area (Å²) in [5, 5.41) is 14.0. The molecule has 5 heteroatoms. The molecule has 0 unspecified atom stereocenters. The Labute approximate surface area is 116 Å². The van der Waals surface area contributed by atoms with Crippen molar-refractivity contribution in [1.29, 1.82) is 0 Å². The Bertz CT molecular complexity index is 573. The quantitative estimate of drug-likeness (QED) is 0.656. The molecule has 1 N–H and O–H groups in total. The standard InChI is InChI=1S/C14H14N2O2S/c1-2-15-11-8-12(16(17)18)10-14(9-11)19-13-6-4-3-5-7-13/h3-10,15H,2H2,1H3. The Kier molecular flexibility index (Phi) is 4.41. The SMILES string of the molecule is CCNc1cc(Sc2ccccc2)cc([N+](=O)[O-])c1. The average molecular weight is 274 g/mol. The zero-order valence-corrected chi connectivity index (χ0v) is 11.3. The van der Waals surface area contributed by atoms with E-state index in [-0.39, 0.29) is 10.6 Å². The average Bonchev–Trinajstić information content (AvgIpc) is 2.40. The fraction of sp³-hybridized carbons (Fsp3) is 0.143. The highest BCUT2D eigenvalue weighted by atomic mass is 32.2. The predicted octanol–water partition coefficient (Wildman–Crippen LogP) is 4.18. The number of benzene rings is 2. The Morgan fingerprint density at radius 3 is 2.53 bits per heavy atom. The van der Waals surface area contributed by atoms with E-state index in [2.05, 4.69) is 5.32 Å². The Hall–Kier alpha value is -2.01. The summed E-state index contributed by atoms with van der Waals surface area (Å²) in [6.07, 6.45) is 0. The van der Waals surface area contributed by atoms with E-state index in [0.717, 1.165) is 22.0 Å². The van der Waals surface area contributed by atoms with Gasteiger partial charge in [0, 0.05) is 34.2 Å². The molecule has 0 aliphatic rings. The highest BCUT2D eigenvalue weighted by Crippen LogP contribution is 2.32. The lowest BCUT2D eigenvalue weighted by molar-refractivity contribution is -0.385. The molecule has 0 bridgehead atoms. The van der Waals surface area contributed by atoms with Crippen LogP contribution in [0.2, 0.25) is 0 Å². The molecule has 0 amide bonds. The van der Waals surface area contributed by atoms with Gasteiger partial charge < -0.3 is 5.32 Å². The van der Waals surface area contributed by atoms with Crippen LogP contribution >= 0.6 is 11.8 Å². The lowest BCUT2D eigenvalue weighted by atomic mass is 10.3. The molecular formula is C14H14N2O2S. The molecule has 0 radical (unpaired) electrons. The number of nitro groups is 1. The first kappa shape index (κ1) is 13.4. The number of rotatable bonds is 5. The second-order valence-electron chi connectivity index (χ2n) is 3.92. The fourth-order valence-corrected chi connectivity index (χ4v) is 2.61. The van der Waals surface area contributed by atoms with E-state index in [1.54, 1.807) is 12.1 Å². The van der Waals surface area contributed by atoms with Gasteiger partial charge in [-0.05, 0) is 25.1 Å². The van der Waals surface area contributed by atoms with Gasteiger partial charge in [0.05, 0.1) is 4.92 Å². The third-order valence-corrected chi connectivity index (χ3v) is 3.44. The molecule has 19 heavy (non-hydrogen) atoms. The van der Waals surface area contributed by atoms with Crippen LogP contribution in [0.3, 0.4) is 0 Å². The number of hydrogen-bond donors (Lipinski definition) is 1. The first-order valence-corrected chi connectivity index (χ1v) is 6.77. The lowest BCUT2D eigenvalue weighted by Crippen LogP contribution is -1.98. The van der Waals surface area contributed by atoms with Crippen molar-refractivity contribution in [3.63, 3.8) is 0 Å². The van der Waals surface area contributed by atoms with Crippen molar-refractivity contribution in [3.8, 4) is 0 Å². The minimum atomic E-state index is -0.365. The van der Waals surface area contributed by atoms with Crippen LogP contribution in [0.4, 0.5) is 11.4 Å². The van der Waals surface area contributed by atoms with E-state index < -0.39 is 0 Å². The topological polar surface area (TPSA) is 55.2 Å². The van der Waals surface area contributed by atoms with Gasteiger partial charge in [-0.15, -0.1) is 0 Å². The second kappa shape index (κ2) is 6.24. The van der Waals surface area contributed by atoms with Gasteiger partial charge in [0.15, 0.2) is 0 Å². The summed E-state index contributed by atoms with van der Waals surface area (Å²) in [5.74, 6) is 0. The number of hydrogen-bond acceptors (Lipinski definition) is 4. The van der Waals surface area contributed by atoms with Crippen molar-refractivity contribution in [2.75, 3.05) is 11.9 Å². The molecule has 0 spiro atoms. The number of nitro benzene ring substituents is 1. The van der Waals surface area contributed by atoms with Gasteiger partial charge in [0.2, 0.25) is 0 Å². The molecule has 0 saturated carbocycles. The maximum atomic E-state index is 10.9. The summed E-state index contributed by atoms with van der Waals surface area (Å²) in [7, 11) is 0. The Balaban J connectivity index is 2.31. The number of nitrogens with zero attached hydrogens (tertiary/aromatic N) is 1. The van der Waals surface area contributed by atoms with Crippen LogP contribution in [0.1, 0.15) is 6.92 Å². The third-order valence-electron chi connectivity index (χ3n) is 2.46. The van der Waals surface area contributed by atoms with E-state index in [0.29, 0.717) is 0 Å². The van der Waals surface area contributed by atoms with Gasteiger partial charge in [0.1, 0.15) is 0 Å². The van der Waals surface area contributed by atoms with Crippen LogP contribution in [-0.2, 0) is 0 Å². The summed E-state index contributed by atoms with van der Waals surface area (Å²) >= 11 is 1.51. The minimum absolute atomic E-state index is 0.108. The number of nitrogens with one attached hydrogen (secondary N) is 1. The van der Waals surface area contributed by atoms with E-state index in [1.165, 1.54) is 11.8 Å². The summed E-state index contributed by atoms with van der Waals surface area (Å²) in [5.41, 5.74) is 0.881. The molecular weight excluding hydrogens is 260 g/mol. The zero-order valence-electron chi connectivity index (χ0n) is 10.5. The van der Waals surface area contributed by atoms with Crippen LogP contribution in [0.25, 0.3) is 0 Å². The van der Waals surface area contributed by atoms with Crippen molar-refractivity contribution < 1.29 is 4.92 Å². The lowest BCUT2D eigenvalue weighted by Gasteiger charge is -2.07. The monoisotopic (exact) mass is 274 g/mol. The largest absolute Gasteiger partial charge is 0.385 e. The van der Waals surface area contributed by atoms with E-state index in [4.69, 9.17) is 0 Å². The Morgan fingerprint density at radius 2 is 1.89 bits per heavy atom. The molecule has 4 nitrogen and oxygen atoms in total. The molecule has 0 aliphatic carbocycles. The van der Waals surface area contributed by atoms with E-state index >= 15 is 0 Å². The smallest absolute Gasteiger partial charge is 0.272 e. The normalized spacial score (nSPS) is 10.2. The van der Waals surface area contributed by atoms with Crippen molar-refractivity contribution >= 4 is 23.1 Å². The van der Waals surface area contributed by atoms with Gasteiger partial charge in [-0.1, -0.05) is 30.0 Å². The first-order valence-electron chi connectivity index (χ1n) is 5.95. The zero-order chi connectivity index (χ0) is 13.7. The molecule has 0 saturated heterocycles. The minimum Gasteiger partial charge on any atom is -0.385 e. The van der Waals surface area contributed by atoms with Gasteiger partial charge in [-0.25, -0.2) is 0 Å². The molecule has 0 aromatic heterocycles. The number of non-ortho nitro benzene ring substituents is 1. The predicted molar refractivity (Wildman–Crippen MR) is 77.8 cm³/mol. The van der Waals surface area contributed by atoms with E-state index in [9.17, 15) is 10.1 Å². The first-order chi connectivity index (χ1) is 9.19. The molecule has 0 atom stereocenters. The fourth-order valence-electron chi connectivity index (χ4n) is 1.68. The summed E-state index contributed by atoms with van der Waals surface area (Å²) in [4.78, 5) is 12.5.